The maximum Gasteiger partial charge on any atom is 0.250 e. The van der Waals surface area contributed by atoms with Gasteiger partial charge in [-0.2, -0.15) is 0 Å². The molecule has 63 heavy (non-hydrogen) atoms. The third-order valence-corrected chi connectivity index (χ3v) is 14.4. The smallest absolute Gasteiger partial charge is 0.250 e. The van der Waals surface area contributed by atoms with Gasteiger partial charge in [-0.1, -0.05) is 131 Å². The second kappa shape index (κ2) is 23.8. The van der Waals surface area contributed by atoms with Gasteiger partial charge in [0.25, 0.3) is 5.91 Å². The van der Waals surface area contributed by atoms with E-state index in [1.165, 1.54) is 0 Å². The van der Waals surface area contributed by atoms with Gasteiger partial charge >= 0.3 is 0 Å². The summed E-state index contributed by atoms with van der Waals surface area (Å²) in [5.74, 6) is -2.34. The highest BCUT2D eigenvalue weighted by Crippen LogP contribution is 2.67. The molecule has 0 bridgehead atoms. The van der Waals surface area contributed by atoms with E-state index in [1.807, 2.05) is 158 Å². The molecule has 9 nitrogen and oxygen atoms in total. The van der Waals surface area contributed by atoms with Gasteiger partial charge in [0, 0.05) is 45.9 Å². The molecule has 0 saturated carbocycles. The lowest BCUT2D eigenvalue weighted by molar-refractivity contribution is -0.118. The fourth-order valence-electron chi connectivity index (χ4n) is 9.75. The number of fused-ring (bicyclic) bond motifs is 3. The highest BCUT2D eigenvalue weighted by molar-refractivity contribution is 7.58. The first-order valence-corrected chi connectivity index (χ1v) is 25.0. The van der Waals surface area contributed by atoms with E-state index in [0.29, 0.717) is 53.8 Å². The molecule has 3 aromatic carbocycles. The monoisotopic (exact) mass is 886 g/mol. The van der Waals surface area contributed by atoms with Gasteiger partial charge < -0.3 is 31.5 Å². The summed E-state index contributed by atoms with van der Waals surface area (Å²) in [7, 11) is -3.16. The second-order valence-electron chi connectivity index (χ2n) is 15.6. The molecule has 348 valence electrons. The first-order valence-electron chi connectivity index (χ1n) is 22.9. The van der Waals surface area contributed by atoms with Gasteiger partial charge in [-0.3, -0.25) is 14.2 Å². The molecule has 0 aromatic heterocycles. The number of carbonyl (C=O) groups excluding carboxylic acids is 2. The molecular formula is C53H80N3O6P. The number of aliphatic hydroxyl groups is 1. The van der Waals surface area contributed by atoms with Crippen molar-refractivity contribution in [1.29, 1.82) is 0 Å². The standard InChI is InChI=1S/C42H50N3O6P.C3H6.4C2H6/c1-9-41-22-40(7)21-31-23(3)20-30(27-16-18-28(19-17-27)39(52(8,50)51-10-2)45-29-14-12-11-13-15-29)36(46)33(31)37(47)34(40)25(5)42(41,49)24(4)32(38(44)48)35(43)26(41)6;1-3-2;4*1-2/h11-20,26,39,45-46,49H,4,9-10,21-22,43H2,1-3,5-8H3,(H2,44,48);3H,1H2,2H3;4*1-2H3/t26?,39?,40-,41-,42+,52?;;;;;/m0...../s1. The zero-order valence-electron chi connectivity index (χ0n) is 41.4. The van der Waals surface area contributed by atoms with Gasteiger partial charge in [-0.25, -0.2) is 0 Å². The van der Waals surface area contributed by atoms with Crippen LogP contribution in [0.25, 0.3) is 11.1 Å². The Morgan fingerprint density at radius 3 is 2.02 bits per heavy atom. The Morgan fingerprint density at radius 1 is 1.02 bits per heavy atom. The van der Waals surface area contributed by atoms with E-state index in [9.17, 15) is 24.4 Å². The maximum absolute atomic E-state index is 14.8. The van der Waals surface area contributed by atoms with E-state index >= 15 is 0 Å². The molecular weight excluding hydrogens is 806 g/mol. The Balaban J connectivity index is 0.00000166. The van der Waals surface area contributed by atoms with E-state index in [2.05, 4.69) is 18.5 Å². The van der Waals surface area contributed by atoms with Crippen molar-refractivity contribution in [1.82, 2.24) is 0 Å². The predicted octanol–water partition coefficient (Wildman–Crippen LogP) is 13.2. The summed E-state index contributed by atoms with van der Waals surface area (Å²) in [6, 6.07) is 18.8. The minimum Gasteiger partial charge on any atom is -0.507 e. The van der Waals surface area contributed by atoms with Crippen molar-refractivity contribution in [3.8, 4) is 16.9 Å². The summed E-state index contributed by atoms with van der Waals surface area (Å²) in [4.78, 5) is 27.5. The molecule has 3 aliphatic carbocycles. The van der Waals surface area contributed by atoms with Crippen molar-refractivity contribution in [2.24, 2.45) is 28.2 Å². The van der Waals surface area contributed by atoms with E-state index in [0.717, 1.165) is 22.4 Å². The fraction of sp³-hybridized carbons (Fsp3) is 0.472. The van der Waals surface area contributed by atoms with Crippen molar-refractivity contribution in [3.63, 3.8) is 0 Å². The third kappa shape index (κ3) is 10.3. The lowest BCUT2D eigenvalue weighted by Crippen LogP contribution is -2.64. The van der Waals surface area contributed by atoms with Crippen LogP contribution in [0, 0.1) is 23.7 Å². The average molecular weight is 886 g/mol. The number of aryl methyl sites for hydroxylation is 1. The van der Waals surface area contributed by atoms with Crippen LogP contribution in [0.15, 0.2) is 108 Å². The molecule has 3 unspecified atom stereocenters. The van der Waals surface area contributed by atoms with Crippen molar-refractivity contribution in [2.45, 2.75) is 135 Å². The summed E-state index contributed by atoms with van der Waals surface area (Å²) in [5.41, 5.74) is 14.8. The minimum absolute atomic E-state index is 0.0117. The highest BCUT2D eigenvalue weighted by Gasteiger charge is 2.66. The predicted molar refractivity (Wildman–Crippen MR) is 267 cm³/mol. The molecule has 3 aliphatic rings. The molecule has 7 N–H and O–H groups in total. The SMILES string of the molecule is C=C1C(C(N)=O)=C(N)C(C)[C@]2(CC)C[C@]3(C)Cc4c(C)cc(-c5ccc(C(Nc6ccccc6)P(C)(=O)OCC)cc5)c(O)c4C(=O)C3=C(C)[C@]12O.C=CC.CC.CC.CC.CC. The molecule has 6 atom stereocenters. The summed E-state index contributed by atoms with van der Waals surface area (Å²) in [5, 5.41) is 28.2. The van der Waals surface area contributed by atoms with E-state index in [-0.39, 0.29) is 28.2 Å². The first kappa shape index (κ1) is 56.3. The number of allylic oxidation sites excluding steroid dienone is 3. The summed E-state index contributed by atoms with van der Waals surface area (Å²) in [6.45, 7) is 38.8. The van der Waals surface area contributed by atoms with Crippen LogP contribution in [-0.4, -0.2) is 40.8 Å². The van der Waals surface area contributed by atoms with Crippen molar-refractivity contribution < 1.29 is 28.9 Å². The number of benzene rings is 3. The van der Waals surface area contributed by atoms with Crippen LogP contribution < -0.4 is 16.8 Å². The Kier molecular flexibility index (Phi) is 21.3. The molecule has 3 aromatic rings. The number of hydrogen-bond acceptors (Lipinski definition) is 8. The summed E-state index contributed by atoms with van der Waals surface area (Å²) >= 11 is 0. The zero-order valence-corrected chi connectivity index (χ0v) is 42.3. The largest absolute Gasteiger partial charge is 0.507 e. The number of nitrogens with one attached hydrogen (secondary N) is 1. The van der Waals surface area contributed by atoms with Gasteiger partial charge in [0.2, 0.25) is 7.37 Å². The second-order valence-corrected chi connectivity index (χ2v) is 18.2. The average Bonchev–Trinajstić information content (AvgIpc) is 3.27. The topological polar surface area (TPSA) is 165 Å². The number of para-hydroxylation sites is 1. The lowest BCUT2D eigenvalue weighted by atomic mass is 9.42. The van der Waals surface area contributed by atoms with E-state index in [4.69, 9.17) is 16.0 Å². The van der Waals surface area contributed by atoms with Gasteiger partial charge in [0.15, 0.2) is 5.78 Å². The lowest BCUT2D eigenvalue weighted by Gasteiger charge is -2.62. The number of Topliss-reactive ketones (excluding diaryl/α,β-unsaturated/α-hetero) is 1. The number of carbonyl (C=O) groups is 2. The van der Waals surface area contributed by atoms with Crippen LogP contribution in [-0.2, 0) is 20.3 Å². The van der Waals surface area contributed by atoms with E-state index in [1.54, 1.807) is 19.7 Å². The molecule has 10 heteroatoms. The van der Waals surface area contributed by atoms with Gasteiger partial charge in [0.1, 0.15) is 17.1 Å². The molecule has 1 amide bonds. The number of amides is 1. The first-order chi connectivity index (χ1) is 29.8. The number of ketones is 1. The van der Waals surface area contributed by atoms with Crippen molar-refractivity contribution in [2.75, 3.05) is 18.6 Å². The maximum atomic E-state index is 14.8. The Morgan fingerprint density at radius 2 is 1.54 bits per heavy atom. The number of phenolic OH excluding ortho intramolecular Hbond substituents is 1. The Labute approximate surface area is 380 Å². The molecule has 0 heterocycles. The summed E-state index contributed by atoms with van der Waals surface area (Å²) < 4.78 is 19.5. The normalized spacial score (nSPS) is 23.2. The van der Waals surface area contributed by atoms with Gasteiger partial charge in [-0.15, -0.1) is 6.58 Å². The number of phenols is 1. The Hall–Kier alpha value is -4.69. The zero-order chi connectivity index (χ0) is 48.8. The van der Waals surface area contributed by atoms with Crippen LogP contribution in [0.2, 0.25) is 0 Å². The van der Waals surface area contributed by atoms with Crippen LogP contribution in [0.1, 0.15) is 143 Å². The quantitative estimate of drug-likeness (QED) is 0.105. The van der Waals surface area contributed by atoms with Gasteiger partial charge in [0.05, 0.1) is 17.7 Å². The van der Waals surface area contributed by atoms with Crippen LogP contribution in [0.4, 0.5) is 5.69 Å². The number of anilines is 1. The number of aromatic hydroxyl groups is 1. The van der Waals surface area contributed by atoms with Gasteiger partial charge in [-0.05, 0) is 98.6 Å². The number of primary amides is 1. The van der Waals surface area contributed by atoms with Crippen LogP contribution in [0.5, 0.6) is 5.75 Å². The third-order valence-electron chi connectivity index (χ3n) is 12.3. The highest BCUT2D eigenvalue weighted by atomic mass is 31.2. The van der Waals surface area contributed by atoms with Crippen molar-refractivity contribution >= 4 is 24.7 Å². The molecule has 0 saturated heterocycles. The molecule has 0 fully saturated rings. The number of rotatable bonds is 9. The number of nitrogens with two attached hydrogens (primary N) is 2. The molecule has 6 rings (SSSR count). The van der Waals surface area contributed by atoms with Crippen LogP contribution in [0.3, 0.4) is 0 Å². The van der Waals surface area contributed by atoms with E-state index < -0.39 is 41.4 Å². The number of hydrogen-bond donors (Lipinski definition) is 5. The molecule has 0 spiro atoms. The summed E-state index contributed by atoms with van der Waals surface area (Å²) in [6.07, 6.45) is 3.12. The molecule has 0 radical (unpaired) electrons. The minimum atomic E-state index is -3.16. The fourth-order valence-corrected chi connectivity index (χ4v) is 11.5. The Bertz CT molecular complexity index is 2180. The van der Waals surface area contributed by atoms with Crippen molar-refractivity contribution in [3.05, 3.63) is 130 Å². The van der Waals surface area contributed by atoms with Crippen LogP contribution >= 0.6 is 7.37 Å². The molecule has 0 aliphatic heterocycles.